The zero-order chi connectivity index (χ0) is 23.4. The maximum absolute atomic E-state index is 13.3. The van der Waals surface area contributed by atoms with Gasteiger partial charge in [-0.1, -0.05) is 36.8 Å². The van der Waals surface area contributed by atoms with Crippen LogP contribution in [-0.4, -0.2) is 56.4 Å². The highest BCUT2D eigenvalue weighted by Gasteiger charge is 2.34. The van der Waals surface area contributed by atoms with Gasteiger partial charge in [-0.3, -0.25) is 4.79 Å². The summed E-state index contributed by atoms with van der Waals surface area (Å²) in [5.41, 5.74) is 2.31. The van der Waals surface area contributed by atoms with Gasteiger partial charge in [-0.05, 0) is 43.9 Å². The molecule has 8 heteroatoms. The van der Waals surface area contributed by atoms with Crippen molar-refractivity contribution in [3.05, 3.63) is 53.6 Å². The molecule has 33 heavy (non-hydrogen) atoms. The first-order valence-electron chi connectivity index (χ1n) is 11.6. The predicted molar refractivity (Wildman–Crippen MR) is 126 cm³/mol. The van der Waals surface area contributed by atoms with E-state index < -0.39 is 10.0 Å². The van der Waals surface area contributed by atoms with E-state index in [0.29, 0.717) is 63.7 Å². The fourth-order valence-electron chi connectivity index (χ4n) is 4.39. The minimum Gasteiger partial charge on any atom is -0.486 e. The van der Waals surface area contributed by atoms with Crippen LogP contribution in [0.1, 0.15) is 37.3 Å². The Bertz CT molecular complexity index is 1080. The third-order valence-corrected chi connectivity index (χ3v) is 8.15. The lowest BCUT2D eigenvalue weighted by Crippen LogP contribution is -2.44. The molecule has 0 unspecified atom stereocenters. The van der Waals surface area contributed by atoms with Crippen LogP contribution in [0, 0.1) is 12.8 Å². The maximum Gasteiger partial charge on any atom is 0.243 e. The summed E-state index contributed by atoms with van der Waals surface area (Å²) in [5.74, 6) is 0.982. The predicted octanol–water partition coefficient (Wildman–Crippen LogP) is 3.61. The molecule has 178 valence electrons. The van der Waals surface area contributed by atoms with E-state index >= 15 is 0 Å². The van der Waals surface area contributed by atoms with Gasteiger partial charge in [-0.2, -0.15) is 4.31 Å². The lowest BCUT2D eigenvalue weighted by molar-refractivity contribution is -0.137. The van der Waals surface area contributed by atoms with Crippen molar-refractivity contribution in [2.45, 2.75) is 44.6 Å². The Morgan fingerprint density at radius 3 is 2.36 bits per heavy atom. The molecule has 1 fully saturated rings. The van der Waals surface area contributed by atoms with Crippen molar-refractivity contribution < 1.29 is 22.7 Å². The highest BCUT2D eigenvalue weighted by atomic mass is 32.2. The molecular formula is C25H32N2O5S. The van der Waals surface area contributed by atoms with E-state index in [1.165, 1.54) is 15.9 Å². The average Bonchev–Trinajstić information content (AvgIpc) is 2.84. The first-order valence-corrected chi connectivity index (χ1v) is 13.1. The molecule has 0 radical (unpaired) electrons. The third kappa shape index (κ3) is 5.33. The lowest BCUT2D eigenvalue weighted by atomic mass is 9.96. The summed E-state index contributed by atoms with van der Waals surface area (Å²) in [4.78, 5) is 15.4. The summed E-state index contributed by atoms with van der Waals surface area (Å²) in [6.45, 7) is 6.92. The number of fused-ring (bicyclic) bond motifs is 1. The van der Waals surface area contributed by atoms with Crippen LogP contribution >= 0.6 is 0 Å². The molecule has 4 rings (SSSR count). The maximum atomic E-state index is 13.3. The van der Waals surface area contributed by atoms with Crippen molar-refractivity contribution in [2.24, 2.45) is 5.92 Å². The van der Waals surface area contributed by atoms with Crippen molar-refractivity contribution in [3.8, 4) is 11.5 Å². The zero-order valence-electron chi connectivity index (χ0n) is 19.3. The number of amides is 1. The van der Waals surface area contributed by atoms with Crippen LogP contribution < -0.4 is 9.47 Å². The zero-order valence-corrected chi connectivity index (χ0v) is 20.1. The van der Waals surface area contributed by atoms with E-state index in [2.05, 4.69) is 31.2 Å². The molecular weight excluding hydrogens is 440 g/mol. The number of benzene rings is 2. The largest absolute Gasteiger partial charge is 0.486 e. The van der Waals surface area contributed by atoms with Crippen LogP contribution in [0.5, 0.6) is 11.5 Å². The topological polar surface area (TPSA) is 76.2 Å². The van der Waals surface area contributed by atoms with E-state index in [0.717, 1.165) is 12.0 Å². The van der Waals surface area contributed by atoms with E-state index in [9.17, 15) is 13.2 Å². The summed E-state index contributed by atoms with van der Waals surface area (Å²) in [7, 11) is -3.65. The number of nitrogens with zero attached hydrogens (tertiary/aromatic N) is 2. The van der Waals surface area contributed by atoms with Gasteiger partial charge in [0.25, 0.3) is 0 Å². The summed E-state index contributed by atoms with van der Waals surface area (Å²) < 4.78 is 38.9. The third-order valence-electron chi connectivity index (χ3n) is 6.25. The Morgan fingerprint density at radius 2 is 1.70 bits per heavy atom. The number of sulfonamides is 1. The van der Waals surface area contributed by atoms with Crippen LogP contribution in [0.3, 0.4) is 0 Å². The fourth-order valence-corrected chi connectivity index (χ4v) is 5.87. The van der Waals surface area contributed by atoms with Crippen LogP contribution in [0.4, 0.5) is 0 Å². The van der Waals surface area contributed by atoms with Gasteiger partial charge in [0.2, 0.25) is 15.9 Å². The first kappa shape index (κ1) is 23.6. The van der Waals surface area contributed by atoms with Gasteiger partial charge in [-0.25, -0.2) is 8.42 Å². The van der Waals surface area contributed by atoms with Gasteiger partial charge in [0.15, 0.2) is 11.5 Å². The smallest absolute Gasteiger partial charge is 0.243 e. The molecule has 2 aromatic carbocycles. The number of carbonyl (C=O) groups is 1. The molecule has 2 aliphatic heterocycles. The van der Waals surface area contributed by atoms with Gasteiger partial charge >= 0.3 is 0 Å². The molecule has 1 amide bonds. The first-order chi connectivity index (χ1) is 15.9. The van der Waals surface area contributed by atoms with Gasteiger partial charge in [0, 0.05) is 38.2 Å². The van der Waals surface area contributed by atoms with Crippen molar-refractivity contribution in [3.63, 3.8) is 0 Å². The SMILES string of the molecule is CCCN(Cc1ccc(C)cc1)C(=O)C1CCN(S(=O)(=O)c2ccc3c(c2)OCCO3)CC1. The van der Waals surface area contributed by atoms with E-state index in [1.54, 1.807) is 12.1 Å². The van der Waals surface area contributed by atoms with Crippen molar-refractivity contribution >= 4 is 15.9 Å². The number of ether oxygens (including phenoxy) is 2. The van der Waals surface area contributed by atoms with E-state index in [4.69, 9.17) is 9.47 Å². The minimum atomic E-state index is -3.65. The molecule has 0 N–H and O–H groups in total. The number of hydrogen-bond acceptors (Lipinski definition) is 5. The normalized spacial score (nSPS) is 17.0. The Kier molecular flexibility index (Phi) is 7.24. The summed E-state index contributed by atoms with van der Waals surface area (Å²) in [5, 5.41) is 0. The average molecular weight is 473 g/mol. The number of carbonyl (C=O) groups excluding carboxylic acids is 1. The van der Waals surface area contributed by atoms with Crippen molar-refractivity contribution in [1.29, 1.82) is 0 Å². The molecule has 2 heterocycles. The second-order valence-corrected chi connectivity index (χ2v) is 10.7. The number of rotatable bonds is 7. The molecule has 2 aromatic rings. The summed E-state index contributed by atoms with van der Waals surface area (Å²) >= 11 is 0. The number of piperidine rings is 1. The van der Waals surface area contributed by atoms with Crippen molar-refractivity contribution in [1.82, 2.24) is 9.21 Å². The fraction of sp³-hybridized carbons (Fsp3) is 0.480. The second-order valence-electron chi connectivity index (χ2n) is 8.73. The highest BCUT2D eigenvalue weighted by molar-refractivity contribution is 7.89. The molecule has 0 spiro atoms. The molecule has 2 aliphatic rings. The standard InChI is InChI=1S/C25H32N2O5S/c1-3-12-26(18-20-6-4-19(2)5-7-20)25(28)21-10-13-27(14-11-21)33(29,30)22-8-9-23-24(17-22)32-16-15-31-23/h4-9,17,21H,3,10-16,18H2,1-2H3. The van der Waals surface area contributed by atoms with E-state index in [-0.39, 0.29) is 16.7 Å². The quantitative estimate of drug-likeness (QED) is 0.615. The van der Waals surface area contributed by atoms with Crippen molar-refractivity contribution in [2.75, 3.05) is 32.8 Å². The highest BCUT2D eigenvalue weighted by Crippen LogP contribution is 2.34. The van der Waals surface area contributed by atoms with Gasteiger partial charge in [0.05, 0.1) is 4.90 Å². The number of hydrogen-bond donors (Lipinski definition) is 0. The van der Waals surface area contributed by atoms with Crippen LogP contribution in [0.2, 0.25) is 0 Å². The van der Waals surface area contributed by atoms with Crippen LogP contribution in [0.15, 0.2) is 47.4 Å². The second kappa shape index (κ2) is 10.1. The molecule has 1 saturated heterocycles. The van der Waals surface area contributed by atoms with Crippen LogP contribution in [0.25, 0.3) is 0 Å². The lowest BCUT2D eigenvalue weighted by Gasteiger charge is -2.34. The Morgan fingerprint density at radius 1 is 1.03 bits per heavy atom. The minimum absolute atomic E-state index is 0.119. The summed E-state index contributed by atoms with van der Waals surface area (Å²) in [6, 6.07) is 13.0. The van der Waals surface area contributed by atoms with Gasteiger partial charge in [0.1, 0.15) is 13.2 Å². The Balaban J connectivity index is 1.40. The molecule has 0 atom stereocenters. The number of aryl methyl sites for hydroxylation is 1. The monoisotopic (exact) mass is 472 g/mol. The molecule has 0 aromatic heterocycles. The van der Waals surface area contributed by atoms with Gasteiger partial charge in [-0.15, -0.1) is 0 Å². The Hall–Kier alpha value is -2.58. The van der Waals surface area contributed by atoms with Gasteiger partial charge < -0.3 is 14.4 Å². The molecule has 0 bridgehead atoms. The van der Waals surface area contributed by atoms with E-state index in [1.807, 2.05) is 11.8 Å². The van der Waals surface area contributed by atoms with Crippen LogP contribution in [-0.2, 0) is 21.4 Å². The Labute approximate surface area is 196 Å². The summed E-state index contributed by atoms with van der Waals surface area (Å²) in [6.07, 6.45) is 1.93. The molecule has 0 saturated carbocycles. The molecule has 0 aliphatic carbocycles. The molecule has 7 nitrogen and oxygen atoms in total.